The van der Waals surface area contributed by atoms with Crippen molar-refractivity contribution >= 4 is 52.5 Å². The molecule has 1 unspecified atom stereocenters. The Bertz CT molecular complexity index is 3170. The van der Waals surface area contributed by atoms with E-state index in [1.807, 2.05) is 42.6 Å². The van der Waals surface area contributed by atoms with Crippen molar-refractivity contribution in [2.24, 2.45) is 12.5 Å². The van der Waals surface area contributed by atoms with Gasteiger partial charge in [-0.05, 0) is 104 Å². The molecule has 72 heavy (non-hydrogen) atoms. The van der Waals surface area contributed by atoms with Crippen molar-refractivity contribution in [1.29, 1.82) is 0 Å². The third-order valence-corrected chi connectivity index (χ3v) is 16.5. The maximum atomic E-state index is 14.0. The molecule has 18 nitrogen and oxygen atoms in total. The van der Waals surface area contributed by atoms with E-state index in [1.54, 1.807) is 36.5 Å². The summed E-state index contributed by atoms with van der Waals surface area (Å²) in [6, 6.07) is 15.3. The van der Waals surface area contributed by atoms with E-state index in [1.165, 1.54) is 15.8 Å². The lowest BCUT2D eigenvalue weighted by Gasteiger charge is -2.55. The smallest absolute Gasteiger partial charge is 0.276 e. The van der Waals surface area contributed by atoms with Gasteiger partial charge in [-0.2, -0.15) is 0 Å². The molecule has 1 aromatic carbocycles. The Morgan fingerprint density at radius 2 is 1.61 bits per heavy atom. The second kappa shape index (κ2) is 17.3. The summed E-state index contributed by atoms with van der Waals surface area (Å²) in [4.78, 5) is 97.9. The molecule has 9 heterocycles. The average molecular weight is 974 g/mol. The Labute approximate surface area is 416 Å². The minimum atomic E-state index is -0.971. The molecular weight excluding hydrogens is 915 g/mol. The van der Waals surface area contributed by atoms with E-state index in [9.17, 15) is 33.9 Å². The van der Waals surface area contributed by atoms with Crippen LogP contribution in [0.25, 0.3) is 11.1 Å². The van der Waals surface area contributed by atoms with Gasteiger partial charge in [0.15, 0.2) is 0 Å². The quantitative estimate of drug-likeness (QED) is 0.169. The number of aryl methyl sites for hydroxylation is 1. The molecule has 3 N–H and O–H groups in total. The van der Waals surface area contributed by atoms with Crippen LogP contribution in [0.4, 0.5) is 23.0 Å². The fourth-order valence-corrected chi connectivity index (χ4v) is 12.6. The van der Waals surface area contributed by atoms with Crippen LogP contribution in [0.1, 0.15) is 106 Å². The average Bonchev–Trinajstić information content (AvgIpc) is 3.91. The minimum Gasteiger partial charge on any atom is -0.392 e. The summed E-state index contributed by atoms with van der Waals surface area (Å²) in [6.45, 7) is 12.0. The molecule has 7 aliphatic rings. The van der Waals surface area contributed by atoms with Gasteiger partial charge in [0.05, 0.1) is 29.6 Å². The molecule has 0 radical (unpaired) electrons. The Balaban J connectivity index is 0.648. The number of hydrogen-bond acceptors (Lipinski definition) is 13. The van der Waals surface area contributed by atoms with Gasteiger partial charge < -0.3 is 24.5 Å². The predicted molar refractivity (Wildman–Crippen MR) is 268 cm³/mol. The lowest BCUT2D eigenvalue weighted by Crippen LogP contribution is -2.63. The molecular formula is C54H59N11O7. The summed E-state index contributed by atoms with van der Waals surface area (Å²) in [6.07, 6.45) is 9.56. The third-order valence-electron chi connectivity index (χ3n) is 16.5. The number of piperazine rings is 1. The van der Waals surface area contributed by atoms with Gasteiger partial charge in [0.25, 0.3) is 23.3 Å². The van der Waals surface area contributed by atoms with Gasteiger partial charge in [-0.3, -0.25) is 53.7 Å². The molecule has 0 spiro atoms. The lowest BCUT2D eigenvalue weighted by molar-refractivity contribution is -0.136. The third kappa shape index (κ3) is 7.72. The SMILES string of the molecule is C[C@H]1CN(C2CC(N3CC(c4ccc5c(c4)C(=O)N(C4CCC(=O)NC4=O)C5=O)C3)C2)CCN1c1ccc(Nc2cc(-c3ccnc(N4CCn5c(cc6c5CC(C)(C)C6)C4=O)c3CO)cn(C)c2=O)nc1. The molecule has 4 fully saturated rings. The number of rotatable bonds is 10. The molecule has 4 aromatic heterocycles. The van der Waals surface area contributed by atoms with Crippen LogP contribution in [0.5, 0.6) is 0 Å². The molecule has 1 saturated carbocycles. The second-order valence-electron chi connectivity index (χ2n) is 21.8. The molecule has 0 bridgehead atoms. The summed E-state index contributed by atoms with van der Waals surface area (Å²) in [5.74, 6) is -0.870. The van der Waals surface area contributed by atoms with Gasteiger partial charge in [0, 0.05) is 113 Å². The number of aromatic nitrogens is 4. The number of pyridine rings is 3. The molecule has 12 rings (SSSR count). The standard InChI is InChI=1S/C54H59N11O7/c1-30-25-60(36-20-37(21-36)61-27-34(28-61)31-5-7-39-40(17-31)51(70)65(50(39)69)43-8-10-47(67)58-49(43)68)13-14-62(30)35-6-9-46(56-24-35)57-42-18-33(26-59(4)52(42)71)38-11-12-55-48(41(38)29-66)64-16-15-63-44(53(64)72)19-32-22-54(2,3)23-45(32)63/h5-7,9,11-12,17-19,24,26,30,34,36-37,43,66H,8,10,13-16,20-23,25,27-29H2,1-4H3,(H,56,57)(H,58,67,68)/t30-,36?,37?,43?/m0/s1. The summed E-state index contributed by atoms with van der Waals surface area (Å²) in [5, 5.41) is 16.3. The monoisotopic (exact) mass is 973 g/mol. The first-order valence-electron chi connectivity index (χ1n) is 25.3. The van der Waals surface area contributed by atoms with Crippen molar-refractivity contribution in [3.63, 3.8) is 0 Å². The maximum Gasteiger partial charge on any atom is 0.276 e. The van der Waals surface area contributed by atoms with Crippen LogP contribution in [0, 0.1) is 5.41 Å². The van der Waals surface area contributed by atoms with Crippen LogP contribution in [-0.4, -0.2) is 132 Å². The number of anilines is 4. The maximum absolute atomic E-state index is 14.0. The Hall–Kier alpha value is -7.02. The van der Waals surface area contributed by atoms with Crippen molar-refractivity contribution in [2.75, 3.05) is 54.4 Å². The number of benzene rings is 1. The topological polar surface area (TPSA) is 199 Å². The molecule has 2 aliphatic carbocycles. The van der Waals surface area contributed by atoms with Gasteiger partial charge in [0.1, 0.15) is 29.1 Å². The fourth-order valence-electron chi connectivity index (χ4n) is 12.6. The van der Waals surface area contributed by atoms with E-state index in [0.29, 0.717) is 76.0 Å². The van der Waals surface area contributed by atoms with Crippen LogP contribution in [0.15, 0.2) is 71.9 Å². The van der Waals surface area contributed by atoms with E-state index in [2.05, 4.69) is 55.7 Å². The molecule has 5 aliphatic heterocycles. The number of aliphatic hydroxyl groups is 1. The van der Waals surface area contributed by atoms with Crippen molar-refractivity contribution in [1.82, 2.24) is 39.1 Å². The zero-order chi connectivity index (χ0) is 49.9. The number of aliphatic hydroxyl groups excluding tert-OH is 1. The number of nitrogens with one attached hydrogen (secondary N) is 2. The Morgan fingerprint density at radius 1 is 0.819 bits per heavy atom. The molecule has 372 valence electrons. The zero-order valence-corrected chi connectivity index (χ0v) is 41.1. The van der Waals surface area contributed by atoms with Crippen molar-refractivity contribution < 1.29 is 29.1 Å². The van der Waals surface area contributed by atoms with Crippen LogP contribution in [-0.2, 0) is 42.6 Å². The fraction of sp³-hybridized carbons (Fsp3) is 0.444. The highest BCUT2D eigenvalue weighted by molar-refractivity contribution is 6.23. The highest BCUT2D eigenvalue weighted by Crippen LogP contribution is 2.42. The minimum absolute atomic E-state index is 0.0911. The molecule has 18 heteroatoms. The number of piperidine rings is 1. The summed E-state index contributed by atoms with van der Waals surface area (Å²) in [7, 11) is 1.69. The van der Waals surface area contributed by atoms with E-state index < -0.39 is 29.7 Å². The molecule has 2 atom stereocenters. The highest BCUT2D eigenvalue weighted by Gasteiger charge is 2.47. The summed E-state index contributed by atoms with van der Waals surface area (Å²) >= 11 is 0. The van der Waals surface area contributed by atoms with Crippen molar-refractivity contribution in [3.05, 3.63) is 117 Å². The van der Waals surface area contributed by atoms with E-state index in [4.69, 9.17) is 4.98 Å². The van der Waals surface area contributed by atoms with Crippen LogP contribution >= 0.6 is 0 Å². The number of imide groups is 2. The first-order valence-corrected chi connectivity index (χ1v) is 25.3. The molecule has 5 aromatic rings. The number of amides is 5. The number of hydrogen-bond donors (Lipinski definition) is 3. The largest absolute Gasteiger partial charge is 0.392 e. The van der Waals surface area contributed by atoms with Gasteiger partial charge >= 0.3 is 0 Å². The molecule has 3 saturated heterocycles. The zero-order valence-electron chi connectivity index (χ0n) is 41.1. The Kier molecular flexibility index (Phi) is 11.1. The molecule has 5 amide bonds. The number of carbonyl (C=O) groups excluding carboxylic acids is 5. The summed E-state index contributed by atoms with van der Waals surface area (Å²) in [5.41, 5.74) is 7.97. The Morgan fingerprint density at radius 3 is 2.36 bits per heavy atom. The number of likely N-dealkylation sites (tertiary alicyclic amines) is 1. The highest BCUT2D eigenvalue weighted by atomic mass is 16.3. The van der Waals surface area contributed by atoms with Crippen LogP contribution in [0.2, 0.25) is 0 Å². The first kappa shape index (κ1) is 46.1. The van der Waals surface area contributed by atoms with E-state index >= 15 is 0 Å². The normalized spacial score (nSPS) is 24.2. The van der Waals surface area contributed by atoms with Crippen molar-refractivity contribution in [3.8, 4) is 11.1 Å². The van der Waals surface area contributed by atoms with Crippen LogP contribution in [0.3, 0.4) is 0 Å². The van der Waals surface area contributed by atoms with Gasteiger partial charge in [-0.15, -0.1) is 0 Å². The first-order chi connectivity index (χ1) is 34.6. The van der Waals surface area contributed by atoms with Crippen LogP contribution < -0.4 is 26.0 Å². The number of fused-ring (bicyclic) bond motifs is 4. The number of nitrogens with zero attached hydrogens (tertiary/aromatic N) is 9. The number of carbonyl (C=O) groups is 5. The second-order valence-corrected chi connectivity index (χ2v) is 21.8. The van der Waals surface area contributed by atoms with Gasteiger partial charge in [-0.1, -0.05) is 19.9 Å². The lowest BCUT2D eigenvalue weighted by atomic mass is 9.79. The van der Waals surface area contributed by atoms with Crippen molar-refractivity contribution in [2.45, 2.75) is 103 Å². The van der Waals surface area contributed by atoms with Gasteiger partial charge in [-0.25, -0.2) is 9.97 Å². The van der Waals surface area contributed by atoms with E-state index in [-0.39, 0.29) is 48.3 Å². The van der Waals surface area contributed by atoms with E-state index in [0.717, 1.165) is 74.6 Å². The summed E-state index contributed by atoms with van der Waals surface area (Å²) < 4.78 is 3.67. The van der Waals surface area contributed by atoms with Gasteiger partial charge in [0.2, 0.25) is 11.8 Å². The predicted octanol–water partition coefficient (Wildman–Crippen LogP) is 4.21.